The molecule has 0 aromatic heterocycles. The molecular formula is C15H22N2OS. The quantitative estimate of drug-likeness (QED) is 0.869. The van der Waals surface area contributed by atoms with Gasteiger partial charge in [-0.05, 0) is 31.2 Å². The van der Waals surface area contributed by atoms with Crippen molar-refractivity contribution >= 4 is 23.4 Å². The maximum Gasteiger partial charge on any atom is 0.253 e. The fraction of sp³-hybridized carbons (Fsp3) is 0.533. The van der Waals surface area contributed by atoms with Gasteiger partial charge in [0, 0.05) is 24.0 Å². The third-order valence-electron chi connectivity index (χ3n) is 3.96. The van der Waals surface area contributed by atoms with Crippen LogP contribution in [0.2, 0.25) is 0 Å². The summed E-state index contributed by atoms with van der Waals surface area (Å²) in [6.45, 7) is 0.769. The van der Waals surface area contributed by atoms with Crippen molar-refractivity contribution < 1.29 is 4.79 Å². The van der Waals surface area contributed by atoms with Gasteiger partial charge < -0.3 is 10.6 Å². The van der Waals surface area contributed by atoms with Gasteiger partial charge in [0.1, 0.15) is 0 Å². The van der Waals surface area contributed by atoms with E-state index in [4.69, 9.17) is 0 Å². The lowest BCUT2D eigenvalue weighted by Gasteiger charge is -2.27. The minimum atomic E-state index is 0.0188. The summed E-state index contributed by atoms with van der Waals surface area (Å²) < 4.78 is 0.254. The normalized spacial score (nSPS) is 17.2. The number of anilines is 1. The molecule has 1 aromatic rings. The molecule has 1 aliphatic carbocycles. The van der Waals surface area contributed by atoms with E-state index in [-0.39, 0.29) is 10.7 Å². The SMILES string of the molecule is CNc1ccccc1C(=O)NCC1(SC)CCCC1. The van der Waals surface area contributed by atoms with Crippen molar-refractivity contribution in [1.29, 1.82) is 0 Å². The van der Waals surface area contributed by atoms with Crippen LogP contribution in [0.3, 0.4) is 0 Å². The molecule has 0 aliphatic heterocycles. The molecule has 104 valence electrons. The Morgan fingerprint density at radius 1 is 1.32 bits per heavy atom. The molecule has 3 nitrogen and oxygen atoms in total. The zero-order chi connectivity index (χ0) is 13.7. The van der Waals surface area contributed by atoms with Crippen molar-refractivity contribution in [2.75, 3.05) is 25.2 Å². The molecule has 0 spiro atoms. The molecule has 4 heteroatoms. The van der Waals surface area contributed by atoms with E-state index in [9.17, 15) is 4.79 Å². The Hall–Kier alpha value is -1.16. The Kier molecular flexibility index (Phi) is 4.75. The summed E-state index contributed by atoms with van der Waals surface area (Å²) >= 11 is 1.90. The molecule has 0 bridgehead atoms. The van der Waals surface area contributed by atoms with Gasteiger partial charge in [0.15, 0.2) is 0 Å². The van der Waals surface area contributed by atoms with Gasteiger partial charge in [0.25, 0.3) is 5.91 Å². The number of carbonyl (C=O) groups is 1. The molecule has 2 N–H and O–H groups in total. The van der Waals surface area contributed by atoms with Gasteiger partial charge in [0.2, 0.25) is 0 Å². The zero-order valence-corrected chi connectivity index (χ0v) is 12.5. The van der Waals surface area contributed by atoms with Gasteiger partial charge in [-0.15, -0.1) is 0 Å². The van der Waals surface area contributed by atoms with Crippen LogP contribution < -0.4 is 10.6 Å². The monoisotopic (exact) mass is 278 g/mol. The van der Waals surface area contributed by atoms with Crippen LogP contribution in [0.15, 0.2) is 24.3 Å². The lowest BCUT2D eigenvalue weighted by atomic mass is 10.1. The highest BCUT2D eigenvalue weighted by atomic mass is 32.2. The first-order valence-corrected chi connectivity index (χ1v) is 8.03. The number of hydrogen-bond acceptors (Lipinski definition) is 3. The van der Waals surface area contributed by atoms with Crippen molar-refractivity contribution in [2.45, 2.75) is 30.4 Å². The first kappa shape index (κ1) is 14.3. The topological polar surface area (TPSA) is 41.1 Å². The summed E-state index contributed by atoms with van der Waals surface area (Å²) in [6.07, 6.45) is 7.14. The van der Waals surface area contributed by atoms with E-state index >= 15 is 0 Å². The van der Waals surface area contributed by atoms with Gasteiger partial charge in [-0.25, -0.2) is 0 Å². The number of nitrogens with one attached hydrogen (secondary N) is 2. The number of amides is 1. The summed E-state index contributed by atoms with van der Waals surface area (Å²) in [6, 6.07) is 7.62. The molecule has 1 aromatic carbocycles. The summed E-state index contributed by atoms with van der Waals surface area (Å²) in [7, 11) is 1.84. The van der Waals surface area contributed by atoms with Crippen LogP contribution in [0.1, 0.15) is 36.0 Å². The van der Waals surface area contributed by atoms with Crippen molar-refractivity contribution in [3.63, 3.8) is 0 Å². The van der Waals surface area contributed by atoms with Crippen LogP contribution in [0, 0.1) is 0 Å². The third kappa shape index (κ3) is 3.24. The van der Waals surface area contributed by atoms with Gasteiger partial charge in [-0.2, -0.15) is 11.8 Å². The van der Waals surface area contributed by atoms with Crippen LogP contribution >= 0.6 is 11.8 Å². The Labute approximate surface area is 119 Å². The molecule has 0 heterocycles. The standard InChI is InChI=1S/C15H22N2OS/c1-16-13-8-4-3-7-12(13)14(18)17-11-15(19-2)9-5-6-10-15/h3-4,7-8,16H,5-6,9-11H2,1-2H3,(H,17,18). The Morgan fingerprint density at radius 2 is 2.00 bits per heavy atom. The van der Waals surface area contributed by atoms with Gasteiger partial charge in [0.05, 0.1) is 5.56 Å². The van der Waals surface area contributed by atoms with E-state index in [0.717, 1.165) is 17.8 Å². The fourth-order valence-corrected chi connectivity index (χ4v) is 3.62. The summed E-state index contributed by atoms with van der Waals surface area (Å²) in [5.74, 6) is 0.0188. The molecule has 1 amide bonds. The van der Waals surface area contributed by atoms with E-state index in [1.807, 2.05) is 43.1 Å². The largest absolute Gasteiger partial charge is 0.387 e. The highest BCUT2D eigenvalue weighted by molar-refractivity contribution is 8.00. The fourth-order valence-electron chi connectivity index (χ4n) is 2.71. The molecule has 1 saturated carbocycles. The Bertz CT molecular complexity index is 442. The number of rotatable bonds is 5. The lowest BCUT2D eigenvalue weighted by Crippen LogP contribution is -2.38. The number of thioether (sulfide) groups is 1. The summed E-state index contributed by atoms with van der Waals surface area (Å²) in [4.78, 5) is 12.3. The smallest absolute Gasteiger partial charge is 0.253 e. The molecule has 1 aliphatic rings. The van der Waals surface area contributed by atoms with E-state index < -0.39 is 0 Å². The minimum Gasteiger partial charge on any atom is -0.387 e. The second-order valence-corrected chi connectivity index (χ2v) is 6.35. The van der Waals surface area contributed by atoms with Crippen LogP contribution in [-0.4, -0.2) is 30.5 Å². The van der Waals surface area contributed by atoms with Gasteiger partial charge in [-0.3, -0.25) is 4.79 Å². The van der Waals surface area contributed by atoms with Crippen molar-refractivity contribution in [1.82, 2.24) is 5.32 Å². The number of para-hydroxylation sites is 1. The third-order valence-corrected chi connectivity index (χ3v) is 5.38. The maximum atomic E-state index is 12.3. The molecule has 0 radical (unpaired) electrons. The van der Waals surface area contributed by atoms with E-state index in [1.54, 1.807) is 0 Å². The van der Waals surface area contributed by atoms with E-state index in [1.165, 1.54) is 25.7 Å². The molecule has 0 atom stereocenters. The first-order chi connectivity index (χ1) is 9.21. The average molecular weight is 278 g/mol. The molecule has 0 saturated heterocycles. The van der Waals surface area contributed by atoms with Crippen molar-refractivity contribution in [3.05, 3.63) is 29.8 Å². The van der Waals surface area contributed by atoms with Gasteiger partial charge in [-0.1, -0.05) is 25.0 Å². The van der Waals surface area contributed by atoms with Gasteiger partial charge >= 0.3 is 0 Å². The number of carbonyl (C=O) groups excluding carboxylic acids is 1. The number of benzene rings is 1. The van der Waals surface area contributed by atoms with Crippen molar-refractivity contribution in [3.8, 4) is 0 Å². The predicted molar refractivity (Wildman–Crippen MR) is 83.0 cm³/mol. The van der Waals surface area contributed by atoms with E-state index in [0.29, 0.717) is 0 Å². The second kappa shape index (κ2) is 6.33. The maximum absolute atomic E-state index is 12.3. The molecule has 0 unspecified atom stereocenters. The number of hydrogen-bond donors (Lipinski definition) is 2. The van der Waals surface area contributed by atoms with Crippen molar-refractivity contribution in [2.24, 2.45) is 0 Å². The molecule has 1 fully saturated rings. The summed E-state index contributed by atoms with van der Waals surface area (Å²) in [5.41, 5.74) is 1.60. The zero-order valence-electron chi connectivity index (χ0n) is 11.7. The van der Waals surface area contributed by atoms with E-state index in [2.05, 4.69) is 16.9 Å². The average Bonchev–Trinajstić information content (AvgIpc) is 2.94. The molecule has 19 heavy (non-hydrogen) atoms. The van der Waals surface area contributed by atoms with Crippen LogP contribution in [-0.2, 0) is 0 Å². The lowest BCUT2D eigenvalue weighted by molar-refractivity contribution is 0.0950. The minimum absolute atomic E-state index is 0.0188. The second-order valence-electron chi connectivity index (χ2n) is 5.07. The Balaban J connectivity index is 2.01. The highest BCUT2D eigenvalue weighted by Gasteiger charge is 2.33. The van der Waals surface area contributed by atoms with Crippen LogP contribution in [0.25, 0.3) is 0 Å². The molecular weight excluding hydrogens is 256 g/mol. The predicted octanol–water partition coefficient (Wildman–Crippen LogP) is 3.13. The highest BCUT2D eigenvalue weighted by Crippen LogP contribution is 2.39. The first-order valence-electron chi connectivity index (χ1n) is 6.81. The Morgan fingerprint density at radius 3 is 2.63 bits per heavy atom. The summed E-state index contributed by atoms with van der Waals surface area (Å²) in [5, 5.41) is 6.17. The van der Waals surface area contributed by atoms with Crippen LogP contribution in [0.4, 0.5) is 5.69 Å². The molecule has 2 rings (SSSR count). The van der Waals surface area contributed by atoms with Crippen LogP contribution in [0.5, 0.6) is 0 Å².